The summed E-state index contributed by atoms with van der Waals surface area (Å²) >= 11 is 8.55. The lowest BCUT2D eigenvalue weighted by atomic mass is 9.99. The third kappa shape index (κ3) is 12.8. The average Bonchev–Trinajstić information content (AvgIpc) is 3.82. The number of pyridine rings is 4. The molecule has 2 amide bonds. The van der Waals surface area contributed by atoms with Crippen LogP contribution in [0.1, 0.15) is 76.8 Å². The first kappa shape index (κ1) is 50.9. The maximum absolute atomic E-state index is 13.3. The van der Waals surface area contributed by atoms with Crippen molar-refractivity contribution in [3.63, 3.8) is 0 Å². The Morgan fingerprint density at radius 3 is 2.04 bits per heavy atom. The first-order valence-electron chi connectivity index (χ1n) is 24.0. The number of halogens is 1. The van der Waals surface area contributed by atoms with Gasteiger partial charge in [-0.25, -0.2) is 4.98 Å². The van der Waals surface area contributed by atoms with Gasteiger partial charge >= 0.3 is 0 Å². The zero-order valence-corrected chi connectivity index (χ0v) is 43.1. The van der Waals surface area contributed by atoms with Gasteiger partial charge < -0.3 is 33.7 Å². The lowest BCUT2D eigenvalue weighted by Crippen LogP contribution is -2.46. The first-order chi connectivity index (χ1) is 35.0. The van der Waals surface area contributed by atoms with Gasteiger partial charge in [0.25, 0.3) is 22.2 Å². The molecule has 0 spiro atoms. The number of amides is 2. The summed E-state index contributed by atoms with van der Waals surface area (Å²) in [6.07, 6.45) is 12.6. The van der Waals surface area contributed by atoms with E-state index in [0.717, 1.165) is 80.7 Å². The number of piperidine rings is 1. The standard InChI is InChI=1S/C25H29ClN6O4S.C24H28N6O4S/c1-3-15-9-18(19-10-22(26)28-12-21(19)34-2)20(11-27-15)23(33)29-24-30-31-25(37-24)36-17-5-4-7-32(13-17)16-6-8-35-14-16;1-13-6-16(17-7-14(2)26-10-20(17)32-3)18(9-25-13)22(31)28-23-29-30-24(35-23)34-21-12-33-11-19(21)27-8-15-4-5-15/h9-12,16-17H,3-8,13-14H2,1-2H3,(H,29,30,33);6-7,9-10,15,19,21,27H,4-5,8,11-12H2,1-3H3,(H,28,29,31). The van der Waals surface area contributed by atoms with Crippen LogP contribution < -0.4 is 34.9 Å². The number of likely N-dealkylation sites (tertiary alicyclic amines) is 1. The molecule has 6 aromatic heterocycles. The first-order valence-corrected chi connectivity index (χ1v) is 26.0. The molecule has 0 bridgehead atoms. The SMILES string of the molecule is CCc1cc(-c2cc(Cl)ncc2OC)c(C(=O)Nc2nnc(OC3CCCN(C4CCOC4)C3)s2)cn1.COc1cnc(C)cc1-c1cc(C)ncc1C(=O)Nc1nnc(OC2COCC2NCC2CC2)s1. The summed E-state index contributed by atoms with van der Waals surface area (Å²) in [5.41, 5.74) is 5.94. The fraction of sp³-hybridized carbons (Fsp3) is 0.469. The molecule has 10 rings (SSSR count). The summed E-state index contributed by atoms with van der Waals surface area (Å²) in [5, 5.41) is 27.5. The van der Waals surface area contributed by atoms with Gasteiger partial charge in [-0.05, 0) is 118 Å². The Morgan fingerprint density at radius 1 is 0.736 bits per heavy atom. The molecule has 380 valence electrons. The van der Waals surface area contributed by atoms with Gasteiger partial charge in [-0.3, -0.25) is 40.1 Å². The molecule has 6 aromatic rings. The van der Waals surface area contributed by atoms with Gasteiger partial charge in [0.15, 0.2) is 0 Å². The molecule has 23 heteroatoms. The van der Waals surface area contributed by atoms with E-state index in [-0.39, 0.29) is 30.1 Å². The van der Waals surface area contributed by atoms with Gasteiger partial charge in [0.2, 0.25) is 10.3 Å². The second-order valence-corrected chi connectivity index (χ2v) is 20.1. The molecule has 1 saturated carbocycles. The van der Waals surface area contributed by atoms with Crippen LogP contribution in [0.4, 0.5) is 10.3 Å². The second-order valence-electron chi connectivity index (χ2n) is 17.9. The Balaban J connectivity index is 0.000000178. The van der Waals surface area contributed by atoms with Crippen LogP contribution in [-0.4, -0.2) is 142 Å². The minimum Gasteiger partial charge on any atom is -0.494 e. The third-order valence-corrected chi connectivity index (χ3v) is 14.4. The van der Waals surface area contributed by atoms with Crippen LogP contribution in [0.25, 0.3) is 22.3 Å². The zero-order valence-electron chi connectivity index (χ0n) is 40.7. The Bertz CT molecular complexity index is 2850. The van der Waals surface area contributed by atoms with Crippen LogP contribution in [0.3, 0.4) is 0 Å². The molecular weight excluding hydrogens is 984 g/mol. The smallest absolute Gasteiger partial charge is 0.296 e. The summed E-state index contributed by atoms with van der Waals surface area (Å²) in [7, 11) is 3.12. The van der Waals surface area contributed by atoms with E-state index in [9.17, 15) is 9.59 Å². The highest BCUT2D eigenvalue weighted by Crippen LogP contribution is 2.37. The fourth-order valence-electron chi connectivity index (χ4n) is 8.67. The number of anilines is 2. The molecule has 0 radical (unpaired) electrons. The maximum Gasteiger partial charge on any atom is 0.296 e. The van der Waals surface area contributed by atoms with Crippen LogP contribution in [-0.2, 0) is 15.9 Å². The van der Waals surface area contributed by atoms with Gasteiger partial charge in [0, 0.05) is 70.9 Å². The van der Waals surface area contributed by atoms with E-state index in [2.05, 4.69) is 61.2 Å². The predicted octanol–water partition coefficient (Wildman–Crippen LogP) is 7.12. The highest BCUT2D eigenvalue weighted by Gasteiger charge is 2.34. The van der Waals surface area contributed by atoms with Crippen molar-refractivity contribution in [3.8, 4) is 44.1 Å². The highest BCUT2D eigenvalue weighted by molar-refractivity contribution is 7.17. The Hall–Kier alpha value is -6.01. The number of hydrogen-bond acceptors (Lipinski definition) is 20. The lowest BCUT2D eigenvalue weighted by molar-refractivity contribution is 0.0551. The molecule has 3 N–H and O–H groups in total. The summed E-state index contributed by atoms with van der Waals surface area (Å²) < 4.78 is 34.3. The number of nitrogens with one attached hydrogen (secondary N) is 3. The Kier molecular flexibility index (Phi) is 16.8. The number of hydrogen-bond donors (Lipinski definition) is 3. The van der Waals surface area contributed by atoms with E-state index in [1.165, 1.54) is 41.7 Å². The van der Waals surface area contributed by atoms with Crippen LogP contribution in [0.2, 0.25) is 5.15 Å². The molecule has 0 aromatic carbocycles. The van der Waals surface area contributed by atoms with Gasteiger partial charge in [0.1, 0.15) is 28.9 Å². The van der Waals surface area contributed by atoms with Gasteiger partial charge in [-0.1, -0.05) is 28.7 Å². The Labute approximate surface area is 430 Å². The molecule has 20 nitrogen and oxygen atoms in total. The van der Waals surface area contributed by atoms with E-state index in [1.54, 1.807) is 38.9 Å². The summed E-state index contributed by atoms with van der Waals surface area (Å²) in [5.74, 6) is 1.14. The summed E-state index contributed by atoms with van der Waals surface area (Å²) in [4.78, 5) is 46.1. The van der Waals surface area contributed by atoms with Crippen LogP contribution in [0, 0.1) is 19.8 Å². The quantitative estimate of drug-likeness (QED) is 0.0772. The normalized spacial score (nSPS) is 19.8. The second kappa shape index (κ2) is 23.7. The number of carbonyl (C=O) groups is 2. The number of rotatable bonds is 17. The highest BCUT2D eigenvalue weighted by atomic mass is 35.5. The van der Waals surface area contributed by atoms with E-state index >= 15 is 0 Å². The van der Waals surface area contributed by atoms with Gasteiger partial charge in [0.05, 0.1) is 63.6 Å². The third-order valence-electron chi connectivity index (χ3n) is 12.7. The number of aromatic nitrogens is 8. The van der Waals surface area contributed by atoms with Crippen molar-refractivity contribution in [1.82, 2.24) is 50.5 Å². The average molecular weight is 1040 g/mol. The van der Waals surface area contributed by atoms with Crippen molar-refractivity contribution in [1.29, 1.82) is 0 Å². The van der Waals surface area contributed by atoms with Crippen molar-refractivity contribution < 1.29 is 38.0 Å². The molecule has 3 aliphatic heterocycles. The number of nitrogens with zero attached hydrogens (tertiary/aromatic N) is 9. The van der Waals surface area contributed by atoms with E-state index < -0.39 is 0 Å². The van der Waals surface area contributed by atoms with Crippen molar-refractivity contribution >= 4 is 56.4 Å². The van der Waals surface area contributed by atoms with Crippen LogP contribution in [0.5, 0.6) is 21.9 Å². The topological polar surface area (TPSA) is 232 Å². The predicted molar refractivity (Wildman–Crippen MR) is 272 cm³/mol. The molecule has 72 heavy (non-hydrogen) atoms. The Morgan fingerprint density at radius 2 is 1.38 bits per heavy atom. The van der Waals surface area contributed by atoms with Gasteiger partial charge in [-0.2, -0.15) is 0 Å². The molecule has 4 aliphatic rings. The fourth-order valence-corrected chi connectivity index (χ4v) is 10.1. The van der Waals surface area contributed by atoms with Crippen molar-refractivity contribution in [3.05, 3.63) is 82.4 Å². The number of methoxy groups -OCH3 is 2. The van der Waals surface area contributed by atoms with Crippen LogP contribution >= 0.6 is 34.3 Å². The van der Waals surface area contributed by atoms with E-state index in [1.807, 2.05) is 39.0 Å². The molecular formula is C49H57ClN12O8S2. The summed E-state index contributed by atoms with van der Waals surface area (Å²) in [6, 6.07) is 7.87. The lowest BCUT2D eigenvalue weighted by Gasteiger charge is -2.35. The molecule has 4 atom stereocenters. The minimum atomic E-state index is -0.368. The monoisotopic (exact) mass is 1040 g/mol. The van der Waals surface area contributed by atoms with Crippen LogP contribution in [0.15, 0.2) is 49.1 Å². The van der Waals surface area contributed by atoms with Gasteiger partial charge in [-0.15, -0.1) is 10.2 Å². The molecule has 9 heterocycles. The maximum atomic E-state index is 13.3. The largest absolute Gasteiger partial charge is 0.494 e. The number of carbonyl (C=O) groups excluding carboxylic acids is 2. The molecule has 4 unspecified atom stereocenters. The zero-order chi connectivity index (χ0) is 50.1. The molecule has 4 fully saturated rings. The van der Waals surface area contributed by atoms with E-state index in [4.69, 9.17) is 40.0 Å². The molecule has 1 aliphatic carbocycles. The van der Waals surface area contributed by atoms with Crippen molar-refractivity contribution in [2.75, 3.05) is 70.9 Å². The minimum absolute atomic E-state index is 0.0344. The van der Waals surface area contributed by atoms with Crippen molar-refractivity contribution in [2.45, 2.75) is 83.6 Å². The van der Waals surface area contributed by atoms with E-state index in [0.29, 0.717) is 90.8 Å². The van der Waals surface area contributed by atoms with Crippen molar-refractivity contribution in [2.24, 2.45) is 5.92 Å². The molecule has 3 saturated heterocycles. The number of aryl methyl sites for hydroxylation is 3. The number of ether oxygens (including phenoxy) is 6. The summed E-state index contributed by atoms with van der Waals surface area (Å²) in [6.45, 7) is 11.4.